The Morgan fingerprint density at radius 3 is 1.94 bits per heavy atom. The molecule has 6 nitrogen and oxygen atoms in total. The highest BCUT2D eigenvalue weighted by Gasteiger charge is 2.61. The van der Waals surface area contributed by atoms with Gasteiger partial charge in [-0.2, -0.15) is 0 Å². The van der Waals surface area contributed by atoms with Crippen LogP contribution in [0.4, 0.5) is 0 Å². The van der Waals surface area contributed by atoms with E-state index in [-0.39, 0.29) is 17.6 Å². The zero-order valence-electron chi connectivity index (χ0n) is 34.7. The fourth-order valence-corrected chi connectivity index (χ4v) is 14.3. The van der Waals surface area contributed by atoms with Gasteiger partial charge in [0.2, 0.25) is 0 Å². The lowest BCUT2D eigenvalue weighted by atomic mass is 9.44. The Morgan fingerprint density at radius 2 is 1.35 bits per heavy atom. The van der Waals surface area contributed by atoms with Crippen molar-refractivity contribution in [2.24, 2.45) is 52.3 Å². The number of hydrogen-bond acceptors (Lipinski definition) is 5. The molecule has 12 atom stereocenters. The average molecular weight is 751 g/mol. The summed E-state index contributed by atoms with van der Waals surface area (Å²) in [5, 5.41) is 20.3. The van der Waals surface area contributed by atoms with E-state index in [0.717, 1.165) is 61.7 Å². The van der Waals surface area contributed by atoms with Crippen molar-refractivity contribution in [3.8, 4) is 0 Å². The molecular formula is C45H83O6P. The fraction of sp³-hybridized carbons (Fsp3) is 0.978. The van der Waals surface area contributed by atoms with Crippen LogP contribution in [0.2, 0.25) is 0 Å². The first-order chi connectivity index (χ1) is 24.8. The van der Waals surface area contributed by atoms with Crippen LogP contribution in [0.1, 0.15) is 202 Å². The van der Waals surface area contributed by atoms with Crippen LogP contribution in [0.25, 0.3) is 0 Å². The topological polar surface area (TPSA) is 104 Å². The van der Waals surface area contributed by atoms with E-state index < -0.39 is 32.1 Å². The number of Topliss-reactive ketones (excluding diaryl/α,β-unsaturated/α-hetero) is 1. The summed E-state index contributed by atoms with van der Waals surface area (Å²) in [6.07, 6.45) is 25.6. The lowest BCUT2D eigenvalue weighted by molar-refractivity contribution is -0.133. The summed E-state index contributed by atoms with van der Waals surface area (Å²) in [4.78, 5) is 24.6. The van der Waals surface area contributed by atoms with Crippen molar-refractivity contribution in [3.05, 3.63) is 0 Å². The average Bonchev–Trinajstić information content (AvgIpc) is 3.47. The molecule has 3 N–H and O–H groups in total. The number of rotatable bonds is 24. The predicted octanol–water partition coefficient (Wildman–Crippen LogP) is 12.1. The van der Waals surface area contributed by atoms with Crippen LogP contribution < -0.4 is 0 Å². The molecule has 7 unspecified atom stereocenters. The minimum Gasteiger partial charge on any atom is -0.394 e. The molecule has 0 bridgehead atoms. The van der Waals surface area contributed by atoms with Crippen LogP contribution in [0.5, 0.6) is 0 Å². The first kappa shape index (κ1) is 44.5. The molecule has 7 heteroatoms. The van der Waals surface area contributed by atoms with E-state index in [9.17, 15) is 24.5 Å². The van der Waals surface area contributed by atoms with Crippen molar-refractivity contribution in [1.82, 2.24) is 0 Å². The second kappa shape index (κ2) is 20.8. The number of unbranched alkanes of at least 4 members (excludes halogenated alkanes) is 11. The smallest absolute Gasteiger partial charge is 0.331 e. The Bertz CT molecular complexity index is 1110. The third-order valence-corrected chi connectivity index (χ3v) is 17.6. The Morgan fingerprint density at radius 1 is 0.769 bits per heavy atom. The molecule has 4 fully saturated rings. The molecular weight excluding hydrogens is 667 g/mol. The summed E-state index contributed by atoms with van der Waals surface area (Å²) >= 11 is 0. The van der Waals surface area contributed by atoms with E-state index in [1.807, 2.05) is 0 Å². The number of carbonyl (C=O) groups excluding carboxylic acids is 1. The molecule has 4 rings (SSSR count). The molecule has 4 saturated carbocycles. The highest BCUT2D eigenvalue weighted by Crippen LogP contribution is 2.70. The standard InChI is InChI=1S/C45H83O6P/c1-7-20-34(4)38-25-26-39-37-24-23-35-31-36(27-29-44(35,5)40(37)28-30-45(38,39)6)52(49,50)51-43(42(48)32-46)41(47)22-19-17-15-13-11-9-8-10-12-14-16-18-21-33(2)3/h33-40,42-43,46,48H,7-32H2,1-6H3,(H,49,50)/t34-,35?,36?,37?,38-,39?,40?,42+,43?,44+,45-/m1/s1. The van der Waals surface area contributed by atoms with Gasteiger partial charge in [0.05, 0.1) is 12.3 Å². The second-order valence-corrected chi connectivity index (χ2v) is 21.6. The lowest BCUT2D eigenvalue weighted by Gasteiger charge is -2.61. The number of ketones is 1. The van der Waals surface area contributed by atoms with Gasteiger partial charge in [-0.15, -0.1) is 0 Å². The predicted molar refractivity (Wildman–Crippen MR) is 215 cm³/mol. The number of fused-ring (bicyclic) bond motifs is 5. The molecule has 0 heterocycles. The summed E-state index contributed by atoms with van der Waals surface area (Å²) < 4.78 is 19.7. The molecule has 0 amide bonds. The maximum Gasteiger partial charge on any atom is 0.331 e. The van der Waals surface area contributed by atoms with Gasteiger partial charge in [0.15, 0.2) is 11.9 Å². The van der Waals surface area contributed by atoms with E-state index in [2.05, 4.69) is 41.5 Å². The van der Waals surface area contributed by atoms with Crippen LogP contribution in [0.3, 0.4) is 0 Å². The molecule has 304 valence electrons. The van der Waals surface area contributed by atoms with E-state index >= 15 is 0 Å². The van der Waals surface area contributed by atoms with Gasteiger partial charge < -0.3 is 15.1 Å². The molecule has 0 aromatic heterocycles. The van der Waals surface area contributed by atoms with Crippen molar-refractivity contribution >= 4 is 13.4 Å². The minimum absolute atomic E-state index is 0.181. The van der Waals surface area contributed by atoms with Gasteiger partial charge in [0, 0.05) is 6.42 Å². The van der Waals surface area contributed by atoms with Gasteiger partial charge in [0.25, 0.3) is 0 Å². The molecule has 0 aromatic carbocycles. The van der Waals surface area contributed by atoms with Crippen molar-refractivity contribution in [3.63, 3.8) is 0 Å². The quantitative estimate of drug-likeness (QED) is 0.0670. The Hall–Kier alpha value is -0.260. The molecule has 4 aliphatic carbocycles. The van der Waals surface area contributed by atoms with Crippen LogP contribution in [-0.2, 0) is 13.9 Å². The van der Waals surface area contributed by atoms with Crippen LogP contribution >= 0.6 is 7.60 Å². The van der Waals surface area contributed by atoms with Gasteiger partial charge in [-0.3, -0.25) is 13.9 Å². The number of aliphatic hydroxyl groups excluding tert-OH is 2. The highest BCUT2D eigenvalue weighted by atomic mass is 31.2. The zero-order chi connectivity index (χ0) is 37.9. The van der Waals surface area contributed by atoms with Crippen molar-refractivity contribution in [1.29, 1.82) is 0 Å². The molecule has 0 saturated heterocycles. The van der Waals surface area contributed by atoms with Gasteiger partial charge in [-0.05, 0) is 116 Å². The van der Waals surface area contributed by atoms with Gasteiger partial charge in [0.1, 0.15) is 6.10 Å². The third kappa shape index (κ3) is 11.2. The maximum absolute atomic E-state index is 13.9. The fourth-order valence-electron chi connectivity index (χ4n) is 12.6. The second-order valence-electron chi connectivity index (χ2n) is 19.6. The van der Waals surface area contributed by atoms with Crippen molar-refractivity contribution in [2.75, 3.05) is 6.61 Å². The van der Waals surface area contributed by atoms with Gasteiger partial charge in [-0.25, -0.2) is 0 Å². The molecule has 4 aliphatic rings. The van der Waals surface area contributed by atoms with Gasteiger partial charge in [-0.1, -0.05) is 131 Å². The normalized spacial score (nSPS) is 34.6. The molecule has 52 heavy (non-hydrogen) atoms. The summed E-state index contributed by atoms with van der Waals surface area (Å²) in [6, 6.07) is 0. The van der Waals surface area contributed by atoms with Crippen LogP contribution in [0.15, 0.2) is 0 Å². The summed E-state index contributed by atoms with van der Waals surface area (Å²) in [5.74, 6) is 4.77. The largest absolute Gasteiger partial charge is 0.394 e. The number of aliphatic hydroxyl groups is 2. The first-order valence-corrected chi connectivity index (χ1v) is 24.3. The van der Waals surface area contributed by atoms with Crippen molar-refractivity contribution < 1.29 is 29.0 Å². The van der Waals surface area contributed by atoms with E-state index in [0.29, 0.717) is 36.5 Å². The molecule has 0 aliphatic heterocycles. The van der Waals surface area contributed by atoms with Crippen LogP contribution in [-0.4, -0.2) is 45.4 Å². The first-order valence-electron chi connectivity index (χ1n) is 22.6. The summed E-state index contributed by atoms with van der Waals surface area (Å²) in [5.41, 5.74) is 0.125. The van der Waals surface area contributed by atoms with E-state index in [1.165, 1.54) is 103 Å². The highest BCUT2D eigenvalue weighted by molar-refractivity contribution is 7.53. The number of carbonyl (C=O) groups is 1. The number of hydrogen-bond donors (Lipinski definition) is 3. The summed E-state index contributed by atoms with van der Waals surface area (Å²) in [6.45, 7) is 13.9. The Labute approximate surface area is 320 Å². The molecule has 0 radical (unpaired) electrons. The Kier molecular flexibility index (Phi) is 17.8. The van der Waals surface area contributed by atoms with Gasteiger partial charge >= 0.3 is 7.60 Å². The minimum atomic E-state index is -4.20. The summed E-state index contributed by atoms with van der Waals surface area (Å²) in [7, 11) is -4.20. The monoisotopic (exact) mass is 751 g/mol. The van der Waals surface area contributed by atoms with Crippen LogP contribution in [0, 0.1) is 52.3 Å². The Balaban J connectivity index is 1.20. The SMILES string of the molecule is CCC[C@@H](C)[C@H]1CCC2C3CCC4CC(P(=O)(O)OC(C(=O)CCCCCCCCCCCCCCC(C)C)[C@@H](O)CO)CC[C@]4(C)C3CC[C@@]21C. The van der Waals surface area contributed by atoms with E-state index in [4.69, 9.17) is 4.52 Å². The molecule has 0 aromatic rings. The molecule has 0 spiro atoms. The van der Waals surface area contributed by atoms with E-state index in [1.54, 1.807) is 0 Å². The third-order valence-electron chi connectivity index (χ3n) is 15.7. The zero-order valence-corrected chi connectivity index (χ0v) is 35.6. The maximum atomic E-state index is 13.9. The lowest BCUT2D eigenvalue weighted by Crippen LogP contribution is -2.54. The van der Waals surface area contributed by atoms with Crippen molar-refractivity contribution in [2.45, 2.75) is 220 Å².